The Morgan fingerprint density at radius 2 is 1.95 bits per heavy atom. The van der Waals surface area contributed by atoms with E-state index in [4.69, 9.17) is 4.74 Å². The van der Waals surface area contributed by atoms with Gasteiger partial charge in [0.25, 0.3) is 5.91 Å². The Labute approximate surface area is 130 Å². The summed E-state index contributed by atoms with van der Waals surface area (Å²) in [5.41, 5.74) is 0. The van der Waals surface area contributed by atoms with Gasteiger partial charge in [0.15, 0.2) is 6.61 Å². The molecule has 0 aliphatic carbocycles. The van der Waals surface area contributed by atoms with E-state index in [9.17, 15) is 9.90 Å². The van der Waals surface area contributed by atoms with Crippen molar-refractivity contribution in [2.75, 3.05) is 33.8 Å². The van der Waals surface area contributed by atoms with Crippen LogP contribution < -0.4 is 10.1 Å². The van der Waals surface area contributed by atoms with E-state index in [2.05, 4.69) is 5.32 Å². The van der Waals surface area contributed by atoms with Crippen molar-refractivity contribution in [3.8, 4) is 5.75 Å². The molecule has 5 nitrogen and oxygen atoms in total. The van der Waals surface area contributed by atoms with Gasteiger partial charge in [0, 0.05) is 13.1 Å². The molecule has 2 aromatic carbocycles. The number of hydrogen-bond donors (Lipinski definition) is 2. The van der Waals surface area contributed by atoms with E-state index in [-0.39, 0.29) is 19.1 Å². The van der Waals surface area contributed by atoms with Gasteiger partial charge in [0.2, 0.25) is 0 Å². The number of ether oxygens (including phenoxy) is 1. The van der Waals surface area contributed by atoms with Gasteiger partial charge >= 0.3 is 0 Å². The smallest absolute Gasteiger partial charge is 0.258 e. The molecule has 1 amide bonds. The Morgan fingerprint density at radius 3 is 2.68 bits per heavy atom. The van der Waals surface area contributed by atoms with Gasteiger partial charge in [-0.25, -0.2) is 0 Å². The van der Waals surface area contributed by atoms with Crippen LogP contribution >= 0.6 is 0 Å². The topological polar surface area (TPSA) is 61.8 Å². The number of fused-ring (bicyclic) bond motifs is 1. The standard InChI is InChI=1S/C17H22N2O3/c1-19(2)11-15(20)10-18-17(21)12-22-16-8-7-13-5-3-4-6-14(13)9-16/h3-9,15,20H,10-12H2,1-2H3,(H,18,21). The molecule has 2 N–H and O–H groups in total. The summed E-state index contributed by atoms with van der Waals surface area (Å²) in [6.07, 6.45) is -0.584. The minimum absolute atomic E-state index is 0.0625. The fourth-order valence-corrected chi connectivity index (χ4v) is 2.17. The van der Waals surface area contributed by atoms with Crippen LogP contribution in [-0.2, 0) is 4.79 Å². The molecule has 2 rings (SSSR count). The van der Waals surface area contributed by atoms with E-state index in [0.29, 0.717) is 12.3 Å². The highest BCUT2D eigenvalue weighted by molar-refractivity contribution is 5.84. The fraction of sp³-hybridized carbons (Fsp3) is 0.353. The number of aliphatic hydroxyl groups is 1. The minimum atomic E-state index is -0.584. The number of carbonyl (C=O) groups is 1. The maximum atomic E-state index is 11.7. The number of likely N-dealkylation sites (N-methyl/N-ethyl adjacent to an activating group) is 1. The highest BCUT2D eigenvalue weighted by Crippen LogP contribution is 2.20. The van der Waals surface area contributed by atoms with Crippen molar-refractivity contribution >= 4 is 16.7 Å². The Balaban J connectivity index is 1.80. The molecule has 0 aromatic heterocycles. The van der Waals surface area contributed by atoms with Crippen LogP contribution in [0.25, 0.3) is 10.8 Å². The van der Waals surface area contributed by atoms with Gasteiger partial charge in [-0.3, -0.25) is 4.79 Å². The second-order valence-corrected chi connectivity index (χ2v) is 5.52. The normalized spacial score (nSPS) is 12.4. The molecule has 0 saturated carbocycles. The lowest BCUT2D eigenvalue weighted by atomic mass is 10.1. The predicted octanol–water partition coefficient (Wildman–Crippen LogP) is 1.26. The van der Waals surface area contributed by atoms with E-state index in [1.807, 2.05) is 61.5 Å². The third kappa shape index (κ3) is 5.02. The molecule has 2 aromatic rings. The van der Waals surface area contributed by atoms with Crippen molar-refractivity contribution in [2.24, 2.45) is 0 Å². The maximum Gasteiger partial charge on any atom is 0.258 e. The number of carbonyl (C=O) groups excluding carboxylic acids is 1. The molecule has 22 heavy (non-hydrogen) atoms. The number of amides is 1. The summed E-state index contributed by atoms with van der Waals surface area (Å²) in [5, 5.41) is 14.5. The van der Waals surface area contributed by atoms with Crippen molar-refractivity contribution in [3.05, 3.63) is 42.5 Å². The maximum absolute atomic E-state index is 11.7. The molecule has 1 unspecified atom stereocenters. The van der Waals surface area contributed by atoms with Gasteiger partial charge in [0.1, 0.15) is 5.75 Å². The Morgan fingerprint density at radius 1 is 1.23 bits per heavy atom. The average Bonchev–Trinajstić information content (AvgIpc) is 2.50. The van der Waals surface area contributed by atoms with Crippen LogP contribution in [0.4, 0.5) is 0 Å². The average molecular weight is 302 g/mol. The van der Waals surface area contributed by atoms with Crippen molar-refractivity contribution in [1.29, 1.82) is 0 Å². The van der Waals surface area contributed by atoms with Gasteiger partial charge in [0.05, 0.1) is 6.10 Å². The van der Waals surface area contributed by atoms with Gasteiger partial charge < -0.3 is 20.1 Å². The zero-order chi connectivity index (χ0) is 15.9. The molecule has 0 bridgehead atoms. The molecule has 0 spiro atoms. The monoisotopic (exact) mass is 302 g/mol. The fourth-order valence-electron chi connectivity index (χ4n) is 2.17. The zero-order valence-electron chi connectivity index (χ0n) is 13.0. The number of benzene rings is 2. The van der Waals surface area contributed by atoms with E-state index >= 15 is 0 Å². The van der Waals surface area contributed by atoms with Crippen molar-refractivity contribution < 1.29 is 14.6 Å². The molecule has 1 atom stereocenters. The number of nitrogens with one attached hydrogen (secondary N) is 1. The number of aliphatic hydroxyl groups excluding tert-OH is 1. The first-order valence-electron chi connectivity index (χ1n) is 7.25. The van der Waals surface area contributed by atoms with Crippen LogP contribution in [0, 0.1) is 0 Å². The lowest BCUT2D eigenvalue weighted by molar-refractivity contribution is -0.123. The van der Waals surface area contributed by atoms with Crippen LogP contribution in [0.5, 0.6) is 5.75 Å². The third-order valence-corrected chi connectivity index (χ3v) is 3.20. The van der Waals surface area contributed by atoms with E-state index in [1.165, 1.54) is 0 Å². The van der Waals surface area contributed by atoms with Crippen molar-refractivity contribution in [3.63, 3.8) is 0 Å². The zero-order valence-corrected chi connectivity index (χ0v) is 13.0. The van der Waals surface area contributed by atoms with Gasteiger partial charge in [-0.1, -0.05) is 30.3 Å². The Hall–Kier alpha value is -2.11. The van der Waals surface area contributed by atoms with Crippen LogP contribution in [0.15, 0.2) is 42.5 Å². The van der Waals surface area contributed by atoms with Crippen LogP contribution in [0.2, 0.25) is 0 Å². The quantitative estimate of drug-likeness (QED) is 0.808. The summed E-state index contributed by atoms with van der Waals surface area (Å²) in [7, 11) is 3.74. The molecule has 0 fully saturated rings. The summed E-state index contributed by atoms with van der Waals surface area (Å²) in [6.45, 7) is 0.664. The van der Waals surface area contributed by atoms with E-state index < -0.39 is 6.10 Å². The second-order valence-electron chi connectivity index (χ2n) is 5.52. The molecule has 0 saturated heterocycles. The first-order valence-corrected chi connectivity index (χ1v) is 7.25. The molecular formula is C17H22N2O3. The lowest BCUT2D eigenvalue weighted by Gasteiger charge is -2.16. The van der Waals surface area contributed by atoms with Gasteiger partial charge in [-0.05, 0) is 37.0 Å². The van der Waals surface area contributed by atoms with Crippen molar-refractivity contribution in [2.45, 2.75) is 6.10 Å². The van der Waals surface area contributed by atoms with Crippen molar-refractivity contribution in [1.82, 2.24) is 10.2 Å². The van der Waals surface area contributed by atoms with Crippen LogP contribution in [0.1, 0.15) is 0 Å². The minimum Gasteiger partial charge on any atom is -0.484 e. The predicted molar refractivity (Wildman–Crippen MR) is 87.0 cm³/mol. The molecule has 118 valence electrons. The van der Waals surface area contributed by atoms with Crippen LogP contribution in [0.3, 0.4) is 0 Å². The Bertz CT molecular complexity index is 628. The molecule has 5 heteroatoms. The largest absolute Gasteiger partial charge is 0.484 e. The van der Waals surface area contributed by atoms with E-state index in [0.717, 1.165) is 10.8 Å². The summed E-state index contributed by atoms with van der Waals surface area (Å²) in [6, 6.07) is 13.7. The molecule has 0 aliphatic rings. The third-order valence-electron chi connectivity index (χ3n) is 3.20. The molecule has 0 aliphatic heterocycles. The number of rotatable bonds is 7. The molecule has 0 heterocycles. The van der Waals surface area contributed by atoms with Crippen LogP contribution in [-0.4, -0.2) is 55.8 Å². The lowest BCUT2D eigenvalue weighted by Crippen LogP contribution is -2.39. The number of hydrogen-bond acceptors (Lipinski definition) is 4. The molecular weight excluding hydrogens is 280 g/mol. The van der Waals surface area contributed by atoms with Gasteiger partial charge in [-0.15, -0.1) is 0 Å². The highest BCUT2D eigenvalue weighted by Gasteiger charge is 2.08. The van der Waals surface area contributed by atoms with Gasteiger partial charge in [-0.2, -0.15) is 0 Å². The van der Waals surface area contributed by atoms with E-state index in [1.54, 1.807) is 0 Å². The summed E-state index contributed by atoms with van der Waals surface area (Å²) < 4.78 is 5.49. The highest BCUT2D eigenvalue weighted by atomic mass is 16.5. The first-order chi connectivity index (χ1) is 10.5. The summed E-state index contributed by atoms with van der Waals surface area (Å²) >= 11 is 0. The first kappa shape index (κ1) is 16.3. The number of nitrogens with zero attached hydrogens (tertiary/aromatic N) is 1. The summed E-state index contributed by atoms with van der Waals surface area (Å²) in [5.74, 6) is 0.411. The molecule has 0 radical (unpaired) electrons. The SMILES string of the molecule is CN(C)CC(O)CNC(=O)COc1ccc2ccccc2c1. The second kappa shape index (κ2) is 7.77. The Kier molecular flexibility index (Phi) is 5.75. The summed E-state index contributed by atoms with van der Waals surface area (Å²) in [4.78, 5) is 13.6.